The van der Waals surface area contributed by atoms with Gasteiger partial charge in [-0.25, -0.2) is 13.6 Å². The largest absolute Gasteiger partial charge is 0.478 e. The van der Waals surface area contributed by atoms with Crippen molar-refractivity contribution < 1.29 is 18.7 Å². The van der Waals surface area contributed by atoms with Gasteiger partial charge in [0.05, 0.1) is 0 Å². The molecule has 1 aromatic carbocycles. The number of carbonyl (C=O) groups is 1. The van der Waals surface area contributed by atoms with E-state index in [0.29, 0.717) is 6.07 Å². The summed E-state index contributed by atoms with van der Waals surface area (Å²) in [5.41, 5.74) is 0.0572. The second-order valence-corrected chi connectivity index (χ2v) is 2.80. The first kappa shape index (κ1) is 10.4. The van der Waals surface area contributed by atoms with Crippen molar-refractivity contribution in [2.45, 2.75) is 6.92 Å². The second kappa shape index (κ2) is 4.00. The number of hydrogen-bond acceptors (Lipinski definition) is 1. The second-order valence-electron chi connectivity index (χ2n) is 2.80. The fraction of sp³-hybridized carbons (Fsp3) is 0.100. The van der Waals surface area contributed by atoms with Crippen molar-refractivity contribution in [3.05, 3.63) is 41.0 Å². The SMILES string of the molecule is C/C(=C\c1ccc(F)cc1F)C(=O)O. The molecule has 74 valence electrons. The van der Waals surface area contributed by atoms with Gasteiger partial charge in [-0.3, -0.25) is 0 Å². The molecular weight excluding hydrogens is 190 g/mol. The quantitative estimate of drug-likeness (QED) is 0.741. The first-order valence-electron chi connectivity index (χ1n) is 3.87. The summed E-state index contributed by atoms with van der Waals surface area (Å²) in [4.78, 5) is 10.4. The zero-order valence-corrected chi connectivity index (χ0v) is 7.42. The maximum Gasteiger partial charge on any atom is 0.331 e. The van der Waals surface area contributed by atoms with E-state index in [1.54, 1.807) is 0 Å². The van der Waals surface area contributed by atoms with Gasteiger partial charge in [-0.2, -0.15) is 0 Å². The van der Waals surface area contributed by atoms with Gasteiger partial charge >= 0.3 is 5.97 Å². The molecule has 0 aliphatic rings. The molecule has 0 aromatic heterocycles. The van der Waals surface area contributed by atoms with Crippen LogP contribution in [-0.2, 0) is 4.79 Å². The molecule has 14 heavy (non-hydrogen) atoms. The summed E-state index contributed by atoms with van der Waals surface area (Å²) in [7, 11) is 0. The molecule has 0 bridgehead atoms. The van der Waals surface area contributed by atoms with Crippen molar-refractivity contribution in [2.75, 3.05) is 0 Å². The van der Waals surface area contributed by atoms with E-state index in [0.717, 1.165) is 12.1 Å². The summed E-state index contributed by atoms with van der Waals surface area (Å²) < 4.78 is 25.5. The number of hydrogen-bond donors (Lipinski definition) is 1. The predicted octanol–water partition coefficient (Wildman–Crippen LogP) is 2.45. The Morgan fingerprint density at radius 2 is 2.07 bits per heavy atom. The van der Waals surface area contributed by atoms with Crippen LogP contribution in [0.5, 0.6) is 0 Å². The van der Waals surface area contributed by atoms with Crippen molar-refractivity contribution in [1.29, 1.82) is 0 Å². The first-order valence-corrected chi connectivity index (χ1v) is 3.87. The fourth-order valence-electron chi connectivity index (χ4n) is 0.914. The highest BCUT2D eigenvalue weighted by atomic mass is 19.1. The zero-order valence-electron chi connectivity index (χ0n) is 7.42. The topological polar surface area (TPSA) is 37.3 Å². The first-order chi connectivity index (χ1) is 6.50. The third-order valence-electron chi connectivity index (χ3n) is 1.67. The average Bonchev–Trinajstić information content (AvgIpc) is 2.09. The monoisotopic (exact) mass is 198 g/mol. The van der Waals surface area contributed by atoms with Gasteiger partial charge in [0.15, 0.2) is 0 Å². The van der Waals surface area contributed by atoms with E-state index >= 15 is 0 Å². The molecule has 0 saturated heterocycles. The van der Waals surface area contributed by atoms with Crippen LogP contribution in [0.15, 0.2) is 23.8 Å². The smallest absolute Gasteiger partial charge is 0.331 e. The molecule has 0 aliphatic heterocycles. The minimum Gasteiger partial charge on any atom is -0.478 e. The molecule has 1 rings (SSSR count). The molecule has 1 N–H and O–H groups in total. The molecule has 0 spiro atoms. The van der Waals surface area contributed by atoms with E-state index in [1.165, 1.54) is 13.0 Å². The molecule has 0 unspecified atom stereocenters. The average molecular weight is 198 g/mol. The molecule has 0 amide bonds. The van der Waals surface area contributed by atoms with Crippen LogP contribution in [0.3, 0.4) is 0 Å². The van der Waals surface area contributed by atoms with Crippen molar-refractivity contribution in [3.8, 4) is 0 Å². The number of carboxylic acids is 1. The fourth-order valence-corrected chi connectivity index (χ4v) is 0.914. The summed E-state index contributed by atoms with van der Waals surface area (Å²) in [5, 5.41) is 8.52. The molecule has 4 heteroatoms. The maximum absolute atomic E-state index is 13.0. The summed E-state index contributed by atoms with van der Waals surface area (Å²) in [6.45, 7) is 1.34. The van der Waals surface area contributed by atoms with Crippen LogP contribution >= 0.6 is 0 Å². The van der Waals surface area contributed by atoms with Crippen molar-refractivity contribution >= 4 is 12.0 Å². The van der Waals surface area contributed by atoms with E-state index in [4.69, 9.17) is 5.11 Å². The van der Waals surface area contributed by atoms with Gasteiger partial charge in [-0.05, 0) is 25.1 Å². The van der Waals surface area contributed by atoms with Gasteiger partial charge < -0.3 is 5.11 Å². The normalized spacial score (nSPS) is 11.5. The Labute approximate surface area is 79.5 Å². The summed E-state index contributed by atoms with van der Waals surface area (Å²) in [6.07, 6.45) is 1.15. The Kier molecular flexibility index (Phi) is 2.96. The lowest BCUT2D eigenvalue weighted by atomic mass is 10.1. The number of aliphatic carboxylic acids is 1. The Morgan fingerprint density at radius 3 is 2.57 bits per heavy atom. The van der Waals surface area contributed by atoms with Crippen LogP contribution in [0.1, 0.15) is 12.5 Å². The lowest BCUT2D eigenvalue weighted by molar-refractivity contribution is -0.132. The predicted molar refractivity (Wildman–Crippen MR) is 47.6 cm³/mol. The maximum atomic E-state index is 13.0. The van der Waals surface area contributed by atoms with Crippen LogP contribution in [-0.4, -0.2) is 11.1 Å². The van der Waals surface area contributed by atoms with Crippen LogP contribution < -0.4 is 0 Å². The standard InChI is InChI=1S/C10H8F2O2/c1-6(10(13)14)4-7-2-3-8(11)5-9(7)12/h2-5H,1H3,(H,13,14)/b6-4+. The molecule has 0 atom stereocenters. The van der Waals surface area contributed by atoms with Gasteiger partial charge in [-0.15, -0.1) is 0 Å². The Bertz CT molecular complexity index is 397. The third kappa shape index (κ3) is 2.39. The Morgan fingerprint density at radius 1 is 1.43 bits per heavy atom. The molecule has 0 aliphatic carbocycles. The summed E-state index contributed by atoms with van der Waals surface area (Å²) >= 11 is 0. The van der Waals surface area contributed by atoms with Crippen LogP contribution in [0.25, 0.3) is 6.08 Å². The summed E-state index contributed by atoms with van der Waals surface area (Å²) in [6, 6.07) is 2.97. The molecular formula is C10H8F2O2. The van der Waals surface area contributed by atoms with E-state index in [9.17, 15) is 13.6 Å². The van der Waals surface area contributed by atoms with Gasteiger partial charge in [-0.1, -0.05) is 0 Å². The summed E-state index contributed by atoms with van der Waals surface area (Å²) in [5.74, 6) is -2.59. The van der Waals surface area contributed by atoms with E-state index in [1.807, 2.05) is 0 Å². The molecule has 1 aromatic rings. The lowest BCUT2D eigenvalue weighted by Crippen LogP contribution is -1.96. The van der Waals surface area contributed by atoms with Gasteiger partial charge in [0.25, 0.3) is 0 Å². The van der Waals surface area contributed by atoms with Crippen molar-refractivity contribution in [2.24, 2.45) is 0 Å². The van der Waals surface area contributed by atoms with E-state index in [-0.39, 0.29) is 11.1 Å². The minimum absolute atomic E-state index is 0.00416. The molecule has 0 heterocycles. The van der Waals surface area contributed by atoms with Crippen LogP contribution in [0.2, 0.25) is 0 Å². The van der Waals surface area contributed by atoms with E-state index in [2.05, 4.69) is 0 Å². The number of rotatable bonds is 2. The third-order valence-corrected chi connectivity index (χ3v) is 1.67. The minimum atomic E-state index is -1.13. The number of carboxylic acid groups (broad SMARTS) is 1. The molecule has 0 fully saturated rings. The van der Waals surface area contributed by atoms with Gasteiger partial charge in [0.2, 0.25) is 0 Å². The highest BCUT2D eigenvalue weighted by Gasteiger charge is 2.04. The van der Waals surface area contributed by atoms with Gasteiger partial charge in [0.1, 0.15) is 11.6 Å². The van der Waals surface area contributed by atoms with Crippen molar-refractivity contribution in [1.82, 2.24) is 0 Å². The Hall–Kier alpha value is -1.71. The zero-order chi connectivity index (χ0) is 10.7. The highest BCUT2D eigenvalue weighted by Crippen LogP contribution is 2.13. The lowest BCUT2D eigenvalue weighted by Gasteiger charge is -1.98. The molecule has 0 saturated carbocycles. The van der Waals surface area contributed by atoms with Crippen LogP contribution in [0, 0.1) is 11.6 Å². The molecule has 2 nitrogen and oxygen atoms in total. The van der Waals surface area contributed by atoms with Crippen molar-refractivity contribution in [3.63, 3.8) is 0 Å². The Balaban J connectivity index is 3.09. The number of halogens is 2. The molecule has 0 radical (unpaired) electrons. The van der Waals surface area contributed by atoms with Gasteiger partial charge in [0, 0.05) is 17.2 Å². The van der Waals surface area contributed by atoms with Crippen LogP contribution in [0.4, 0.5) is 8.78 Å². The highest BCUT2D eigenvalue weighted by molar-refractivity contribution is 5.91. The van der Waals surface area contributed by atoms with E-state index < -0.39 is 17.6 Å². The number of benzene rings is 1.